The van der Waals surface area contributed by atoms with E-state index in [1.165, 1.54) is 0 Å². The molecular formula is C24H40N2O5. The Bertz CT molecular complexity index is 742. The Labute approximate surface area is 186 Å². The Morgan fingerprint density at radius 2 is 1.74 bits per heavy atom. The minimum absolute atomic E-state index is 0.132. The summed E-state index contributed by atoms with van der Waals surface area (Å²) in [5.74, 6) is -0.962. The number of carbonyl (C=O) groups is 2. The molecule has 0 spiro atoms. The third kappa shape index (κ3) is 8.87. The van der Waals surface area contributed by atoms with Crippen LogP contribution in [0.1, 0.15) is 65.5 Å². The van der Waals surface area contributed by atoms with Crippen molar-refractivity contribution < 1.29 is 24.5 Å². The Morgan fingerprint density at radius 3 is 2.23 bits per heavy atom. The molecule has 7 heteroatoms. The van der Waals surface area contributed by atoms with Gasteiger partial charge >= 0.3 is 5.97 Å². The number of primary amides is 1. The highest BCUT2D eigenvalue weighted by Crippen LogP contribution is 2.34. The average Bonchev–Trinajstić information content (AvgIpc) is 2.64. The monoisotopic (exact) mass is 436 g/mol. The number of carbonyl (C=O) groups excluding carboxylic acids is 1. The standard InChI is InChI=1S/C24H40N2O5/c1-14(2)17(12-19(25)20(27)9-15(3)23(29)30)10-16-7-8-18(24(4,5)6)21(11-16)31-13-22(26)28/h7-8,11,14-15,17,19-20,27H,9-10,12-13,25H2,1-6H3,(H2,26,28)(H,29,30). The number of carboxylic acids is 1. The highest BCUT2D eigenvalue weighted by Gasteiger charge is 2.26. The topological polar surface area (TPSA) is 136 Å². The summed E-state index contributed by atoms with van der Waals surface area (Å²) in [6.45, 7) is 11.8. The first-order chi connectivity index (χ1) is 14.2. The number of amides is 1. The number of aliphatic carboxylic acids is 1. The lowest BCUT2D eigenvalue weighted by molar-refractivity contribution is -0.142. The molecule has 1 aromatic carbocycles. The van der Waals surface area contributed by atoms with Crippen molar-refractivity contribution in [2.24, 2.45) is 29.2 Å². The lowest BCUT2D eigenvalue weighted by atomic mass is 9.81. The van der Waals surface area contributed by atoms with E-state index in [2.05, 4.69) is 40.7 Å². The first-order valence-corrected chi connectivity index (χ1v) is 10.9. The third-order valence-electron chi connectivity index (χ3n) is 5.75. The molecule has 0 heterocycles. The predicted molar refractivity (Wildman–Crippen MR) is 122 cm³/mol. The van der Waals surface area contributed by atoms with Gasteiger partial charge in [0.05, 0.1) is 12.0 Å². The van der Waals surface area contributed by atoms with Crippen molar-refractivity contribution in [1.29, 1.82) is 0 Å². The summed E-state index contributed by atoms with van der Waals surface area (Å²) in [4.78, 5) is 22.3. The van der Waals surface area contributed by atoms with Gasteiger partial charge in [-0.1, -0.05) is 53.7 Å². The largest absolute Gasteiger partial charge is 0.483 e. The van der Waals surface area contributed by atoms with Gasteiger partial charge in [0.25, 0.3) is 5.91 Å². The maximum Gasteiger partial charge on any atom is 0.306 e. The summed E-state index contributed by atoms with van der Waals surface area (Å²) in [6, 6.07) is 5.52. The molecule has 31 heavy (non-hydrogen) atoms. The zero-order valence-electron chi connectivity index (χ0n) is 19.7. The van der Waals surface area contributed by atoms with E-state index in [1.807, 2.05) is 12.1 Å². The number of hydrogen-bond donors (Lipinski definition) is 4. The molecule has 4 unspecified atom stereocenters. The smallest absolute Gasteiger partial charge is 0.306 e. The molecule has 0 radical (unpaired) electrons. The second kappa shape index (κ2) is 11.5. The fourth-order valence-electron chi connectivity index (χ4n) is 3.62. The summed E-state index contributed by atoms with van der Waals surface area (Å²) < 4.78 is 5.70. The van der Waals surface area contributed by atoms with Crippen LogP contribution in [0, 0.1) is 17.8 Å². The molecular weight excluding hydrogens is 396 g/mol. The van der Waals surface area contributed by atoms with Crippen LogP contribution in [0.2, 0.25) is 0 Å². The summed E-state index contributed by atoms with van der Waals surface area (Å²) >= 11 is 0. The van der Waals surface area contributed by atoms with Crippen LogP contribution in [-0.4, -0.2) is 40.8 Å². The van der Waals surface area contributed by atoms with Crippen LogP contribution in [0.4, 0.5) is 0 Å². The second-order valence-electron chi connectivity index (χ2n) is 9.99. The number of carboxylic acid groups (broad SMARTS) is 1. The summed E-state index contributed by atoms with van der Waals surface area (Å²) in [5, 5.41) is 19.4. The molecule has 0 aliphatic rings. The van der Waals surface area contributed by atoms with E-state index in [0.29, 0.717) is 18.1 Å². The number of ether oxygens (including phenoxy) is 1. The first-order valence-electron chi connectivity index (χ1n) is 10.9. The Kier molecular flexibility index (Phi) is 9.97. The molecule has 4 atom stereocenters. The normalized spacial score (nSPS) is 15.9. The molecule has 7 nitrogen and oxygen atoms in total. The van der Waals surface area contributed by atoms with E-state index in [1.54, 1.807) is 6.92 Å². The lowest BCUT2D eigenvalue weighted by Gasteiger charge is -2.28. The highest BCUT2D eigenvalue weighted by atomic mass is 16.5. The quantitative estimate of drug-likeness (QED) is 0.398. The van der Waals surface area contributed by atoms with E-state index in [-0.39, 0.29) is 24.4 Å². The van der Waals surface area contributed by atoms with E-state index in [0.717, 1.165) is 17.5 Å². The molecule has 6 N–H and O–H groups in total. The van der Waals surface area contributed by atoms with Crippen molar-refractivity contribution in [2.45, 2.75) is 78.4 Å². The van der Waals surface area contributed by atoms with Gasteiger partial charge in [0, 0.05) is 6.04 Å². The Hall–Kier alpha value is -2.12. The fraction of sp³-hybridized carbons (Fsp3) is 0.667. The van der Waals surface area contributed by atoms with Crippen LogP contribution in [-0.2, 0) is 21.4 Å². The van der Waals surface area contributed by atoms with Crippen molar-refractivity contribution >= 4 is 11.9 Å². The van der Waals surface area contributed by atoms with Crippen molar-refractivity contribution in [2.75, 3.05) is 6.61 Å². The van der Waals surface area contributed by atoms with E-state index >= 15 is 0 Å². The van der Waals surface area contributed by atoms with Crippen LogP contribution in [0.15, 0.2) is 18.2 Å². The van der Waals surface area contributed by atoms with Gasteiger partial charge in [0.2, 0.25) is 0 Å². The van der Waals surface area contributed by atoms with Gasteiger partial charge in [0.15, 0.2) is 6.61 Å². The minimum Gasteiger partial charge on any atom is -0.483 e. The fourth-order valence-corrected chi connectivity index (χ4v) is 3.62. The van der Waals surface area contributed by atoms with Gasteiger partial charge in [-0.2, -0.15) is 0 Å². The number of aliphatic hydroxyl groups is 1. The summed E-state index contributed by atoms with van der Waals surface area (Å²) in [6.07, 6.45) is 0.561. The van der Waals surface area contributed by atoms with Crippen molar-refractivity contribution in [1.82, 2.24) is 0 Å². The van der Waals surface area contributed by atoms with Crippen molar-refractivity contribution in [3.05, 3.63) is 29.3 Å². The Balaban J connectivity index is 3.00. The molecule has 0 aromatic heterocycles. The molecule has 1 amide bonds. The van der Waals surface area contributed by atoms with Gasteiger partial charge in [0.1, 0.15) is 5.75 Å². The van der Waals surface area contributed by atoms with Gasteiger partial charge in [-0.05, 0) is 53.7 Å². The minimum atomic E-state index is -0.936. The van der Waals surface area contributed by atoms with Gasteiger partial charge < -0.3 is 26.4 Å². The molecule has 0 bridgehead atoms. The van der Waals surface area contributed by atoms with Crippen LogP contribution >= 0.6 is 0 Å². The SMILES string of the molecule is CC(CC(O)C(N)CC(Cc1ccc(C(C)(C)C)c(OCC(N)=O)c1)C(C)C)C(=O)O. The number of hydrogen-bond acceptors (Lipinski definition) is 5. The molecule has 0 fully saturated rings. The van der Waals surface area contributed by atoms with Crippen molar-refractivity contribution in [3.63, 3.8) is 0 Å². The molecule has 0 saturated heterocycles. The van der Waals surface area contributed by atoms with E-state index < -0.39 is 29.9 Å². The second-order valence-corrected chi connectivity index (χ2v) is 9.99. The average molecular weight is 437 g/mol. The van der Waals surface area contributed by atoms with Crippen LogP contribution in [0.5, 0.6) is 5.75 Å². The molecule has 0 aliphatic heterocycles. The van der Waals surface area contributed by atoms with Crippen LogP contribution in [0.3, 0.4) is 0 Å². The highest BCUT2D eigenvalue weighted by molar-refractivity contribution is 5.75. The number of aliphatic hydroxyl groups excluding tert-OH is 1. The van der Waals surface area contributed by atoms with Crippen LogP contribution in [0.25, 0.3) is 0 Å². The molecule has 1 rings (SSSR count). The number of nitrogens with two attached hydrogens (primary N) is 2. The number of rotatable bonds is 12. The summed E-state index contributed by atoms with van der Waals surface area (Å²) in [7, 11) is 0. The van der Waals surface area contributed by atoms with E-state index in [9.17, 15) is 14.7 Å². The molecule has 0 saturated carbocycles. The van der Waals surface area contributed by atoms with Crippen LogP contribution < -0.4 is 16.2 Å². The first kappa shape index (κ1) is 26.9. The van der Waals surface area contributed by atoms with Crippen molar-refractivity contribution in [3.8, 4) is 5.75 Å². The zero-order valence-corrected chi connectivity index (χ0v) is 19.7. The zero-order chi connectivity index (χ0) is 23.9. The predicted octanol–water partition coefficient (Wildman–Crippen LogP) is 2.85. The van der Waals surface area contributed by atoms with Gasteiger partial charge in [-0.25, -0.2) is 0 Å². The lowest BCUT2D eigenvalue weighted by Crippen LogP contribution is -2.39. The maximum atomic E-state index is 11.2. The van der Waals surface area contributed by atoms with E-state index in [4.69, 9.17) is 21.3 Å². The summed E-state index contributed by atoms with van der Waals surface area (Å²) in [5.41, 5.74) is 13.4. The molecule has 0 aliphatic carbocycles. The third-order valence-corrected chi connectivity index (χ3v) is 5.75. The van der Waals surface area contributed by atoms with Gasteiger partial charge in [-0.15, -0.1) is 0 Å². The molecule has 176 valence electrons. The van der Waals surface area contributed by atoms with Gasteiger partial charge in [-0.3, -0.25) is 9.59 Å². The maximum absolute atomic E-state index is 11.2. The number of benzene rings is 1. The Morgan fingerprint density at radius 1 is 1.13 bits per heavy atom. The molecule has 1 aromatic rings.